The lowest BCUT2D eigenvalue weighted by Crippen LogP contribution is -2.34. The first-order valence-electron chi connectivity index (χ1n) is 10.5. The quantitative estimate of drug-likeness (QED) is 0.360. The number of anilines is 2. The zero-order chi connectivity index (χ0) is 25.3. The molecule has 0 spiro atoms. The minimum Gasteiger partial charge on any atom is -0.465 e. The highest BCUT2D eigenvalue weighted by molar-refractivity contribution is 7.21. The number of pyridine rings is 1. The monoisotopic (exact) mass is 501 g/mol. The third kappa shape index (κ3) is 5.05. The minimum atomic E-state index is -4.60. The fourth-order valence-corrected chi connectivity index (χ4v) is 4.67. The molecule has 2 aromatic heterocycles. The van der Waals surface area contributed by atoms with Gasteiger partial charge in [-0.25, -0.2) is 14.8 Å². The zero-order valence-corrected chi connectivity index (χ0v) is 19.7. The smallest absolute Gasteiger partial charge is 0.417 e. The van der Waals surface area contributed by atoms with Crippen molar-refractivity contribution in [3.63, 3.8) is 0 Å². The van der Waals surface area contributed by atoms with Gasteiger partial charge in [-0.05, 0) is 42.0 Å². The molecule has 0 bridgehead atoms. The first kappa shape index (κ1) is 24.4. The number of nitrogens with zero attached hydrogens (tertiary/aromatic N) is 4. The molecule has 7 nitrogen and oxygen atoms in total. The molecule has 35 heavy (non-hydrogen) atoms. The molecule has 0 saturated heterocycles. The highest BCUT2D eigenvalue weighted by Crippen LogP contribution is 2.42. The molecule has 1 amide bonds. The summed E-state index contributed by atoms with van der Waals surface area (Å²) >= 11 is 1.07. The Kier molecular flexibility index (Phi) is 6.64. The summed E-state index contributed by atoms with van der Waals surface area (Å²) in [6.07, 6.45) is -4.23. The Bertz CT molecular complexity index is 1370. The van der Waals surface area contributed by atoms with Crippen LogP contribution in [-0.4, -0.2) is 48.4 Å². The van der Waals surface area contributed by atoms with E-state index in [1.165, 1.54) is 6.07 Å². The summed E-state index contributed by atoms with van der Waals surface area (Å²) in [4.78, 5) is 23.1. The summed E-state index contributed by atoms with van der Waals surface area (Å²) in [6.45, 7) is 0.226. The number of carbonyl (C=O) groups is 1. The van der Waals surface area contributed by atoms with Crippen molar-refractivity contribution in [2.24, 2.45) is 5.73 Å². The van der Waals surface area contributed by atoms with E-state index in [0.717, 1.165) is 22.3 Å². The Labute approximate surface area is 203 Å². The summed E-state index contributed by atoms with van der Waals surface area (Å²) in [5.41, 5.74) is 6.47. The number of carboxylic acid groups (broad SMARTS) is 1. The standard InChI is InChI=1S/C24H22F3N5O2S/c1-31(2)21-8-4-15(13-29-21)14-3-6-17(18(11-14)24(25,26)27)22-30-19-7-5-16(12-20(19)35-22)32(10-9-28)23(33)34/h3-8,11-13H,9-10,28H2,1-2H3,(H,33,34). The van der Waals surface area contributed by atoms with E-state index in [9.17, 15) is 23.1 Å². The maximum atomic E-state index is 14.1. The van der Waals surface area contributed by atoms with Crippen LogP contribution in [0.1, 0.15) is 5.56 Å². The van der Waals surface area contributed by atoms with Crippen molar-refractivity contribution in [2.75, 3.05) is 37.0 Å². The minimum absolute atomic E-state index is 0.0427. The van der Waals surface area contributed by atoms with Gasteiger partial charge >= 0.3 is 12.3 Å². The van der Waals surface area contributed by atoms with E-state index in [0.29, 0.717) is 32.8 Å². The third-order valence-corrected chi connectivity index (χ3v) is 6.41. The number of alkyl halides is 3. The Balaban J connectivity index is 1.77. The molecular formula is C24H22F3N5O2S. The number of fused-ring (bicyclic) bond motifs is 1. The highest BCUT2D eigenvalue weighted by atomic mass is 32.1. The molecule has 11 heteroatoms. The molecule has 0 aliphatic heterocycles. The van der Waals surface area contributed by atoms with Crippen LogP contribution in [0.2, 0.25) is 0 Å². The van der Waals surface area contributed by atoms with Crippen LogP contribution in [0, 0.1) is 0 Å². The molecular weight excluding hydrogens is 479 g/mol. The van der Waals surface area contributed by atoms with Crippen LogP contribution in [0.3, 0.4) is 0 Å². The van der Waals surface area contributed by atoms with Gasteiger partial charge in [0.05, 0.1) is 15.8 Å². The summed E-state index contributed by atoms with van der Waals surface area (Å²) in [5, 5.41) is 9.62. The van der Waals surface area contributed by atoms with E-state index in [-0.39, 0.29) is 23.7 Å². The average molecular weight is 502 g/mol. The number of rotatable bonds is 6. The maximum absolute atomic E-state index is 14.1. The van der Waals surface area contributed by atoms with E-state index in [1.807, 2.05) is 14.1 Å². The van der Waals surface area contributed by atoms with Crippen LogP contribution < -0.4 is 15.5 Å². The van der Waals surface area contributed by atoms with Crippen molar-refractivity contribution < 1.29 is 23.1 Å². The van der Waals surface area contributed by atoms with Crippen LogP contribution in [0.25, 0.3) is 31.9 Å². The van der Waals surface area contributed by atoms with E-state index in [4.69, 9.17) is 5.73 Å². The van der Waals surface area contributed by atoms with Gasteiger partial charge in [0.2, 0.25) is 0 Å². The van der Waals surface area contributed by atoms with Gasteiger partial charge in [0.15, 0.2) is 0 Å². The summed E-state index contributed by atoms with van der Waals surface area (Å²) in [7, 11) is 3.66. The Morgan fingerprint density at radius 3 is 2.43 bits per heavy atom. The molecule has 0 radical (unpaired) electrons. The molecule has 2 aromatic carbocycles. The van der Waals surface area contributed by atoms with Crippen molar-refractivity contribution in [3.05, 3.63) is 60.3 Å². The second-order valence-electron chi connectivity index (χ2n) is 7.95. The van der Waals surface area contributed by atoms with Crippen molar-refractivity contribution >= 4 is 39.2 Å². The topological polar surface area (TPSA) is 95.6 Å². The Morgan fingerprint density at radius 2 is 1.83 bits per heavy atom. The SMILES string of the molecule is CN(C)c1ccc(-c2ccc(-c3nc4ccc(N(CCN)C(=O)O)cc4s3)c(C(F)(F)F)c2)cn1. The molecule has 0 unspecified atom stereocenters. The largest absolute Gasteiger partial charge is 0.465 e. The molecule has 3 N–H and O–H groups in total. The normalized spacial score (nSPS) is 11.6. The van der Waals surface area contributed by atoms with Gasteiger partial charge in [0.1, 0.15) is 10.8 Å². The number of hydrogen-bond donors (Lipinski definition) is 2. The van der Waals surface area contributed by atoms with Crippen molar-refractivity contribution in [1.29, 1.82) is 0 Å². The first-order chi connectivity index (χ1) is 16.6. The van der Waals surface area contributed by atoms with Crippen LogP contribution in [0.4, 0.5) is 29.5 Å². The molecule has 2 heterocycles. The molecule has 0 fully saturated rings. The molecule has 0 atom stereocenters. The number of amides is 1. The molecule has 0 aliphatic carbocycles. The molecule has 4 rings (SSSR count). The van der Waals surface area contributed by atoms with Crippen LogP contribution in [0.15, 0.2) is 54.7 Å². The predicted molar refractivity (Wildman–Crippen MR) is 132 cm³/mol. The van der Waals surface area contributed by atoms with Gasteiger partial charge in [-0.15, -0.1) is 11.3 Å². The second-order valence-corrected chi connectivity index (χ2v) is 8.98. The predicted octanol–water partition coefficient (Wildman–Crippen LogP) is 5.55. The number of halogens is 3. The van der Waals surface area contributed by atoms with Gasteiger partial charge in [-0.2, -0.15) is 13.2 Å². The van der Waals surface area contributed by atoms with E-state index < -0.39 is 17.8 Å². The Morgan fingerprint density at radius 1 is 1.09 bits per heavy atom. The number of thiazole rings is 1. The van der Waals surface area contributed by atoms with Gasteiger partial charge in [0, 0.05) is 50.2 Å². The summed E-state index contributed by atoms with van der Waals surface area (Å²) < 4.78 is 42.8. The lowest BCUT2D eigenvalue weighted by Gasteiger charge is -2.18. The van der Waals surface area contributed by atoms with Gasteiger partial charge < -0.3 is 15.7 Å². The molecule has 0 aliphatic rings. The van der Waals surface area contributed by atoms with E-state index in [1.54, 1.807) is 47.5 Å². The lowest BCUT2D eigenvalue weighted by atomic mass is 10.00. The molecule has 0 saturated carbocycles. The fraction of sp³-hybridized carbons (Fsp3) is 0.208. The average Bonchev–Trinajstić information content (AvgIpc) is 3.24. The van der Waals surface area contributed by atoms with E-state index >= 15 is 0 Å². The van der Waals surface area contributed by atoms with E-state index in [2.05, 4.69) is 9.97 Å². The van der Waals surface area contributed by atoms with Gasteiger partial charge in [-0.3, -0.25) is 4.90 Å². The fourth-order valence-electron chi connectivity index (χ4n) is 3.63. The number of benzene rings is 2. The zero-order valence-electron chi connectivity index (χ0n) is 18.9. The van der Waals surface area contributed by atoms with Crippen molar-refractivity contribution in [3.8, 4) is 21.7 Å². The first-order valence-corrected chi connectivity index (χ1v) is 11.4. The summed E-state index contributed by atoms with van der Waals surface area (Å²) in [5.74, 6) is 0.697. The molecule has 4 aromatic rings. The van der Waals surface area contributed by atoms with Crippen LogP contribution >= 0.6 is 11.3 Å². The number of nitrogens with two attached hydrogens (primary N) is 1. The highest BCUT2D eigenvalue weighted by Gasteiger charge is 2.35. The van der Waals surface area contributed by atoms with Crippen LogP contribution in [0.5, 0.6) is 0 Å². The second kappa shape index (κ2) is 9.51. The Hall–Kier alpha value is -3.70. The van der Waals surface area contributed by atoms with Gasteiger partial charge in [0.25, 0.3) is 0 Å². The van der Waals surface area contributed by atoms with Crippen molar-refractivity contribution in [2.45, 2.75) is 6.18 Å². The lowest BCUT2D eigenvalue weighted by molar-refractivity contribution is -0.137. The number of hydrogen-bond acceptors (Lipinski definition) is 6. The van der Waals surface area contributed by atoms with Gasteiger partial charge in [-0.1, -0.05) is 12.1 Å². The third-order valence-electron chi connectivity index (χ3n) is 5.36. The number of aromatic nitrogens is 2. The molecule has 182 valence electrons. The van der Waals surface area contributed by atoms with Crippen molar-refractivity contribution in [1.82, 2.24) is 9.97 Å². The maximum Gasteiger partial charge on any atom is 0.417 e. The van der Waals surface area contributed by atoms with Crippen LogP contribution in [-0.2, 0) is 6.18 Å². The summed E-state index contributed by atoms with van der Waals surface area (Å²) in [6, 6.07) is 12.4.